The van der Waals surface area contributed by atoms with E-state index in [4.69, 9.17) is 21.1 Å². The molecule has 7 nitrogen and oxygen atoms in total. The fourth-order valence-corrected chi connectivity index (χ4v) is 4.00. The molecule has 0 unspecified atom stereocenters. The lowest BCUT2D eigenvalue weighted by Gasteiger charge is -2.11. The zero-order valence-corrected chi connectivity index (χ0v) is 18.0. The minimum Gasteiger partial charge on any atom is -0.493 e. The van der Waals surface area contributed by atoms with E-state index in [1.807, 2.05) is 18.2 Å². The topological polar surface area (TPSA) is 129 Å². The Hall–Kier alpha value is -3.54. The third kappa shape index (κ3) is 6.22. The van der Waals surface area contributed by atoms with Crippen molar-refractivity contribution in [2.45, 2.75) is 11.3 Å². The number of nitrogens with one attached hydrogen (secondary N) is 2. The minimum absolute atomic E-state index is 0. The number of nitrogens with zero attached hydrogens (tertiary/aromatic N) is 1. The molecule has 3 aromatic rings. The van der Waals surface area contributed by atoms with Crippen LogP contribution in [0.2, 0.25) is 0 Å². The number of benzene rings is 3. The van der Waals surface area contributed by atoms with Crippen LogP contribution in [0, 0.1) is 16.7 Å². The second-order valence-electron chi connectivity index (χ2n) is 6.45. The van der Waals surface area contributed by atoms with Crippen molar-refractivity contribution in [2.75, 3.05) is 11.3 Å². The van der Waals surface area contributed by atoms with Gasteiger partial charge in [0.15, 0.2) is 0 Å². The van der Waals surface area contributed by atoms with Crippen LogP contribution in [0.1, 0.15) is 16.7 Å². The van der Waals surface area contributed by atoms with Crippen LogP contribution in [0.25, 0.3) is 0 Å². The molecule has 0 amide bonds. The molecule has 0 radical (unpaired) electrons. The molecule has 0 aliphatic rings. The fraction of sp³-hybridized carbons (Fsp3) is 0.0909. The number of ether oxygens (including phenoxy) is 1. The molecule has 0 saturated carbocycles. The highest BCUT2D eigenvalue weighted by Crippen LogP contribution is 2.22. The van der Waals surface area contributed by atoms with Crippen molar-refractivity contribution in [3.05, 3.63) is 89.5 Å². The maximum Gasteiger partial charge on any atom is 0.263 e. The summed E-state index contributed by atoms with van der Waals surface area (Å²) >= 11 is 0. The van der Waals surface area contributed by atoms with Crippen molar-refractivity contribution < 1.29 is 13.2 Å². The van der Waals surface area contributed by atoms with Crippen LogP contribution < -0.4 is 15.2 Å². The van der Waals surface area contributed by atoms with Crippen LogP contribution in [0.3, 0.4) is 0 Å². The Balaban J connectivity index is 0.00000341. The van der Waals surface area contributed by atoms with E-state index in [0.29, 0.717) is 30.0 Å². The molecular weight excluding hydrogens is 436 g/mol. The molecule has 3 rings (SSSR count). The van der Waals surface area contributed by atoms with Gasteiger partial charge in [-0.3, -0.25) is 10.1 Å². The van der Waals surface area contributed by atoms with Gasteiger partial charge in [-0.25, -0.2) is 8.42 Å². The fourth-order valence-electron chi connectivity index (χ4n) is 2.79. The number of rotatable bonds is 8. The Morgan fingerprint density at radius 1 is 1.06 bits per heavy atom. The number of anilines is 1. The van der Waals surface area contributed by atoms with Gasteiger partial charge in [0.1, 0.15) is 22.5 Å². The number of sulfonamides is 1. The first-order chi connectivity index (χ1) is 14.4. The third-order valence-corrected chi connectivity index (χ3v) is 5.75. The van der Waals surface area contributed by atoms with Crippen molar-refractivity contribution in [2.24, 2.45) is 5.73 Å². The highest BCUT2D eigenvalue weighted by Gasteiger charge is 2.18. The summed E-state index contributed by atoms with van der Waals surface area (Å²) in [5, 5.41) is 16.6. The quantitative estimate of drug-likeness (QED) is 0.351. The van der Waals surface area contributed by atoms with Crippen molar-refractivity contribution in [3.63, 3.8) is 0 Å². The lowest BCUT2D eigenvalue weighted by molar-refractivity contribution is 0.322. The van der Waals surface area contributed by atoms with E-state index in [2.05, 4.69) is 4.72 Å². The zero-order valence-electron chi connectivity index (χ0n) is 16.4. The van der Waals surface area contributed by atoms with Gasteiger partial charge in [-0.2, -0.15) is 5.26 Å². The van der Waals surface area contributed by atoms with Gasteiger partial charge in [-0.1, -0.05) is 42.5 Å². The molecule has 0 saturated heterocycles. The minimum atomic E-state index is -3.90. The Labute approximate surface area is 187 Å². The molecule has 0 spiro atoms. The number of hydrogen-bond acceptors (Lipinski definition) is 5. The second kappa shape index (κ2) is 10.5. The molecule has 0 aliphatic heterocycles. The van der Waals surface area contributed by atoms with E-state index in [1.165, 1.54) is 12.1 Å². The standard InChI is InChI=1S/C22H20N4O3S.ClH/c23-15-18-4-1-2-7-21(18)30(27,28)26-19-5-3-6-20(14-19)29-13-12-16-8-10-17(11-9-16)22(24)25;/h1-11,14,26H,12-13H2,(H3,24,25);1H. The smallest absolute Gasteiger partial charge is 0.263 e. The number of nitrogens with two attached hydrogens (primary N) is 1. The van der Waals surface area contributed by atoms with Crippen molar-refractivity contribution in [3.8, 4) is 11.8 Å². The van der Waals surface area contributed by atoms with Gasteiger partial charge < -0.3 is 10.5 Å². The summed E-state index contributed by atoms with van der Waals surface area (Å²) in [6.07, 6.45) is 0.643. The van der Waals surface area contributed by atoms with Gasteiger partial charge in [-0.15, -0.1) is 12.4 Å². The van der Waals surface area contributed by atoms with Crippen LogP contribution in [-0.2, 0) is 16.4 Å². The molecule has 0 fully saturated rings. The van der Waals surface area contributed by atoms with Crippen LogP contribution in [-0.4, -0.2) is 20.9 Å². The van der Waals surface area contributed by atoms with E-state index in [-0.39, 0.29) is 28.7 Å². The summed E-state index contributed by atoms with van der Waals surface area (Å²) in [5.41, 5.74) is 7.56. The summed E-state index contributed by atoms with van der Waals surface area (Å²) in [6, 6.07) is 21.9. The highest BCUT2D eigenvalue weighted by molar-refractivity contribution is 7.92. The van der Waals surface area contributed by atoms with Crippen LogP contribution in [0.4, 0.5) is 5.69 Å². The predicted octanol–water partition coefficient (Wildman–Crippen LogP) is 3.69. The predicted molar refractivity (Wildman–Crippen MR) is 122 cm³/mol. The zero-order chi connectivity index (χ0) is 21.6. The first kappa shape index (κ1) is 23.7. The Kier molecular flexibility index (Phi) is 8.02. The SMILES string of the molecule is Cl.N#Cc1ccccc1S(=O)(=O)Nc1cccc(OCCc2ccc(C(=N)N)cc2)c1. The van der Waals surface area contributed by atoms with Gasteiger partial charge in [0.25, 0.3) is 10.0 Å². The largest absolute Gasteiger partial charge is 0.493 e. The van der Waals surface area contributed by atoms with Crippen molar-refractivity contribution in [1.29, 1.82) is 10.7 Å². The second-order valence-corrected chi connectivity index (χ2v) is 8.10. The number of nitriles is 1. The summed E-state index contributed by atoms with van der Waals surface area (Å²) in [7, 11) is -3.90. The highest BCUT2D eigenvalue weighted by atomic mass is 35.5. The number of hydrogen-bond donors (Lipinski definition) is 3. The Bertz CT molecular complexity index is 1210. The third-order valence-electron chi connectivity index (χ3n) is 4.31. The van der Waals surface area contributed by atoms with Gasteiger partial charge in [0.05, 0.1) is 17.9 Å². The Morgan fingerprint density at radius 3 is 2.45 bits per heavy atom. The molecular formula is C22H21ClN4O3S. The Morgan fingerprint density at radius 2 is 1.77 bits per heavy atom. The maximum absolute atomic E-state index is 12.6. The van der Waals surface area contributed by atoms with Gasteiger partial charge in [0.2, 0.25) is 0 Å². The number of halogens is 1. The summed E-state index contributed by atoms with van der Waals surface area (Å²) in [6.45, 7) is 0.396. The molecule has 0 heterocycles. The summed E-state index contributed by atoms with van der Waals surface area (Å²) in [5.74, 6) is 0.540. The molecule has 0 aliphatic carbocycles. The molecule has 160 valence electrons. The van der Waals surface area contributed by atoms with E-state index in [9.17, 15) is 8.42 Å². The molecule has 9 heteroatoms. The van der Waals surface area contributed by atoms with E-state index in [0.717, 1.165) is 5.56 Å². The van der Waals surface area contributed by atoms with E-state index >= 15 is 0 Å². The molecule has 31 heavy (non-hydrogen) atoms. The van der Waals surface area contributed by atoms with Crippen LogP contribution in [0.15, 0.2) is 77.7 Å². The average Bonchev–Trinajstić information content (AvgIpc) is 2.74. The van der Waals surface area contributed by atoms with Crippen molar-refractivity contribution >= 4 is 34.0 Å². The maximum atomic E-state index is 12.6. The average molecular weight is 457 g/mol. The molecule has 0 bridgehead atoms. The van der Waals surface area contributed by atoms with Gasteiger partial charge in [-0.05, 0) is 29.8 Å². The lowest BCUT2D eigenvalue weighted by atomic mass is 10.1. The van der Waals surface area contributed by atoms with E-state index in [1.54, 1.807) is 48.5 Å². The van der Waals surface area contributed by atoms with Gasteiger partial charge >= 0.3 is 0 Å². The molecule has 0 aromatic heterocycles. The van der Waals surface area contributed by atoms with Crippen LogP contribution >= 0.6 is 12.4 Å². The first-order valence-electron chi connectivity index (χ1n) is 9.07. The summed E-state index contributed by atoms with van der Waals surface area (Å²) in [4.78, 5) is -0.0761. The molecule has 4 N–H and O–H groups in total. The first-order valence-corrected chi connectivity index (χ1v) is 10.6. The monoisotopic (exact) mass is 456 g/mol. The van der Waals surface area contributed by atoms with Crippen molar-refractivity contribution in [1.82, 2.24) is 0 Å². The lowest BCUT2D eigenvalue weighted by Crippen LogP contribution is -2.14. The normalized spacial score (nSPS) is 10.4. The number of amidine groups is 1. The van der Waals surface area contributed by atoms with E-state index < -0.39 is 10.0 Å². The van der Waals surface area contributed by atoms with Crippen LogP contribution in [0.5, 0.6) is 5.75 Å². The van der Waals surface area contributed by atoms with Gasteiger partial charge in [0, 0.05) is 18.1 Å². The molecule has 3 aromatic carbocycles. The summed E-state index contributed by atoms with van der Waals surface area (Å²) < 4.78 is 33.5. The molecule has 0 atom stereocenters. The number of nitrogen functional groups attached to an aromatic ring is 1.